The number of rotatable bonds is 3. The number of nitrogens with zero attached hydrogens (tertiary/aromatic N) is 4. The van der Waals surface area contributed by atoms with Gasteiger partial charge in [0.15, 0.2) is 9.84 Å². The summed E-state index contributed by atoms with van der Waals surface area (Å²) < 4.78 is 22.9. The van der Waals surface area contributed by atoms with Crippen LogP contribution >= 0.6 is 0 Å². The number of sulfone groups is 1. The Morgan fingerprint density at radius 2 is 1.96 bits per heavy atom. The Morgan fingerprint density at radius 3 is 2.58 bits per heavy atom. The lowest BCUT2D eigenvalue weighted by Gasteiger charge is -2.36. The fourth-order valence-electron chi connectivity index (χ4n) is 3.11. The first-order valence-electron chi connectivity index (χ1n) is 8.08. The highest BCUT2D eigenvalue weighted by molar-refractivity contribution is 7.94. The van der Waals surface area contributed by atoms with Crippen molar-refractivity contribution >= 4 is 21.6 Å². The van der Waals surface area contributed by atoms with Crippen molar-refractivity contribution in [2.45, 2.75) is 20.3 Å². The molecular weight excluding hydrogens is 328 g/mol. The first-order valence-corrected chi connectivity index (χ1v) is 9.79. The molecule has 3 rings (SSSR count). The van der Waals surface area contributed by atoms with Gasteiger partial charge in [-0.25, -0.2) is 13.4 Å². The first-order chi connectivity index (χ1) is 11.3. The Labute approximate surface area is 142 Å². The van der Waals surface area contributed by atoms with E-state index in [0.717, 1.165) is 17.2 Å². The van der Waals surface area contributed by atoms with Crippen molar-refractivity contribution in [2.24, 2.45) is 5.92 Å². The van der Waals surface area contributed by atoms with Crippen LogP contribution in [0.2, 0.25) is 0 Å². The topological polar surface area (TPSA) is 83.5 Å². The molecule has 0 saturated carbocycles. The quantitative estimate of drug-likeness (QED) is 0.798. The molecule has 24 heavy (non-hydrogen) atoms. The zero-order valence-electron chi connectivity index (χ0n) is 14.0. The molecule has 0 bridgehead atoms. The third-order valence-corrected chi connectivity index (χ3v) is 5.89. The number of carbonyl (C=O) groups is 1. The third kappa shape index (κ3) is 3.75. The molecule has 1 aromatic rings. The van der Waals surface area contributed by atoms with E-state index in [0.29, 0.717) is 26.2 Å². The molecule has 0 aliphatic carbocycles. The average Bonchev–Trinajstić information content (AvgIpc) is 2.88. The number of hydrogen-bond donors (Lipinski definition) is 0. The fourth-order valence-corrected chi connectivity index (χ4v) is 4.51. The van der Waals surface area contributed by atoms with E-state index in [1.165, 1.54) is 5.41 Å². The van der Waals surface area contributed by atoms with E-state index in [1.54, 1.807) is 12.3 Å². The minimum Gasteiger partial charge on any atom is -0.352 e. The highest BCUT2D eigenvalue weighted by Crippen LogP contribution is 2.21. The van der Waals surface area contributed by atoms with E-state index in [2.05, 4.69) is 14.9 Å². The second-order valence-corrected chi connectivity index (χ2v) is 8.34. The van der Waals surface area contributed by atoms with Crippen molar-refractivity contribution in [3.63, 3.8) is 0 Å². The van der Waals surface area contributed by atoms with Gasteiger partial charge in [0.25, 0.3) is 0 Å². The number of allylic oxidation sites excluding steroid dienone is 1. The van der Waals surface area contributed by atoms with Crippen LogP contribution in [0.5, 0.6) is 0 Å². The molecule has 0 spiro atoms. The fraction of sp³-hybridized carbons (Fsp3) is 0.562. The second-order valence-electron chi connectivity index (χ2n) is 6.41. The van der Waals surface area contributed by atoms with E-state index < -0.39 is 9.84 Å². The molecule has 1 atom stereocenters. The Morgan fingerprint density at radius 1 is 1.25 bits per heavy atom. The first kappa shape index (κ1) is 16.9. The largest absolute Gasteiger partial charge is 0.352 e. The van der Waals surface area contributed by atoms with Crippen molar-refractivity contribution in [1.82, 2.24) is 14.9 Å². The van der Waals surface area contributed by atoms with Crippen LogP contribution < -0.4 is 4.90 Å². The van der Waals surface area contributed by atoms with Gasteiger partial charge in [0.2, 0.25) is 5.91 Å². The summed E-state index contributed by atoms with van der Waals surface area (Å²) in [6.07, 6.45) is 3.65. The van der Waals surface area contributed by atoms with Gasteiger partial charge in [-0.2, -0.15) is 0 Å². The summed E-state index contributed by atoms with van der Waals surface area (Å²) in [5.41, 5.74) is 1.77. The summed E-state index contributed by atoms with van der Waals surface area (Å²) in [5.74, 6) is 0.766. The lowest BCUT2D eigenvalue weighted by atomic mass is 10.1. The molecule has 2 aliphatic heterocycles. The molecule has 3 heterocycles. The van der Waals surface area contributed by atoms with Gasteiger partial charge in [-0.05, 0) is 13.8 Å². The highest BCUT2D eigenvalue weighted by Gasteiger charge is 2.28. The Balaban J connectivity index is 1.56. The normalized spacial score (nSPS) is 22.8. The summed E-state index contributed by atoms with van der Waals surface area (Å²) >= 11 is 0. The SMILES string of the molecule is Cc1cnc(C)c(N2CCN(C(=O)C[C@H]3C=CS(=O)(=O)C3)CC2)n1. The van der Waals surface area contributed by atoms with Crippen molar-refractivity contribution in [3.8, 4) is 0 Å². The predicted octanol–water partition coefficient (Wildman–Crippen LogP) is 0.690. The minimum atomic E-state index is -3.10. The predicted molar refractivity (Wildman–Crippen MR) is 91.3 cm³/mol. The number of carbonyl (C=O) groups excluding carboxylic acids is 1. The smallest absolute Gasteiger partial charge is 0.223 e. The van der Waals surface area contributed by atoms with Crippen molar-refractivity contribution < 1.29 is 13.2 Å². The van der Waals surface area contributed by atoms with E-state index >= 15 is 0 Å². The number of hydrogen-bond acceptors (Lipinski definition) is 6. The number of amides is 1. The van der Waals surface area contributed by atoms with E-state index in [4.69, 9.17) is 0 Å². The van der Waals surface area contributed by atoms with Crippen LogP contribution in [0.25, 0.3) is 0 Å². The molecule has 1 fully saturated rings. The summed E-state index contributed by atoms with van der Waals surface area (Å²) in [5, 5.41) is 1.22. The monoisotopic (exact) mass is 350 g/mol. The van der Waals surface area contributed by atoms with Gasteiger partial charge >= 0.3 is 0 Å². The van der Waals surface area contributed by atoms with E-state index in [1.807, 2.05) is 18.7 Å². The standard InChI is InChI=1S/C16H22N4O3S/c1-12-10-17-13(2)16(18-12)20-6-4-19(5-7-20)15(21)9-14-3-8-24(22,23)11-14/h3,8,10,14H,4-7,9,11H2,1-2H3/t14-/m1/s1. The lowest BCUT2D eigenvalue weighted by molar-refractivity contribution is -0.132. The molecule has 0 N–H and O–H groups in total. The molecule has 8 heteroatoms. The van der Waals surface area contributed by atoms with Crippen LogP contribution in [0, 0.1) is 19.8 Å². The van der Waals surface area contributed by atoms with E-state index in [-0.39, 0.29) is 24.0 Å². The van der Waals surface area contributed by atoms with Crippen LogP contribution in [0.3, 0.4) is 0 Å². The number of aromatic nitrogens is 2. The lowest BCUT2D eigenvalue weighted by Crippen LogP contribution is -2.49. The summed E-state index contributed by atoms with van der Waals surface area (Å²) in [6, 6.07) is 0. The minimum absolute atomic E-state index is 0.0217. The molecule has 0 radical (unpaired) electrons. The molecule has 130 valence electrons. The van der Waals surface area contributed by atoms with Gasteiger partial charge < -0.3 is 9.80 Å². The molecule has 1 saturated heterocycles. The summed E-state index contributed by atoms with van der Waals surface area (Å²) in [7, 11) is -3.10. The van der Waals surface area contributed by atoms with Crippen LogP contribution in [-0.2, 0) is 14.6 Å². The maximum absolute atomic E-state index is 12.4. The second kappa shape index (κ2) is 6.51. The third-order valence-electron chi connectivity index (χ3n) is 4.42. The van der Waals surface area contributed by atoms with Crippen molar-refractivity contribution in [1.29, 1.82) is 0 Å². The number of aryl methyl sites for hydroxylation is 2. The van der Waals surface area contributed by atoms with Crippen LogP contribution in [-0.4, -0.2) is 61.1 Å². The van der Waals surface area contributed by atoms with Gasteiger partial charge in [-0.15, -0.1) is 0 Å². The van der Waals surface area contributed by atoms with Crippen molar-refractivity contribution in [2.75, 3.05) is 36.8 Å². The highest BCUT2D eigenvalue weighted by atomic mass is 32.2. The number of anilines is 1. The molecule has 0 unspecified atom stereocenters. The van der Waals surface area contributed by atoms with Crippen molar-refractivity contribution in [3.05, 3.63) is 29.1 Å². The maximum Gasteiger partial charge on any atom is 0.223 e. The molecular formula is C16H22N4O3S. The van der Waals surface area contributed by atoms with Gasteiger partial charge in [0.1, 0.15) is 5.82 Å². The van der Waals surface area contributed by atoms with Gasteiger partial charge in [0.05, 0.1) is 17.1 Å². The number of piperazine rings is 1. The van der Waals surface area contributed by atoms with Crippen LogP contribution in [0.4, 0.5) is 5.82 Å². The molecule has 0 aromatic carbocycles. The van der Waals surface area contributed by atoms with Gasteiger partial charge in [-0.1, -0.05) is 6.08 Å². The maximum atomic E-state index is 12.4. The molecule has 2 aliphatic rings. The zero-order chi connectivity index (χ0) is 17.3. The van der Waals surface area contributed by atoms with Crippen LogP contribution in [0.15, 0.2) is 17.7 Å². The Hall–Kier alpha value is -1.96. The summed E-state index contributed by atoms with van der Waals surface area (Å²) in [6.45, 7) is 6.52. The van der Waals surface area contributed by atoms with Crippen LogP contribution in [0.1, 0.15) is 17.8 Å². The summed E-state index contributed by atoms with van der Waals surface area (Å²) in [4.78, 5) is 25.2. The Bertz CT molecular complexity index is 768. The average molecular weight is 350 g/mol. The van der Waals surface area contributed by atoms with E-state index in [9.17, 15) is 13.2 Å². The van der Waals surface area contributed by atoms with Gasteiger partial charge in [-0.3, -0.25) is 9.78 Å². The Kier molecular flexibility index (Phi) is 4.58. The molecule has 1 amide bonds. The zero-order valence-corrected chi connectivity index (χ0v) is 14.8. The molecule has 1 aromatic heterocycles. The molecule has 7 nitrogen and oxygen atoms in total. The van der Waals surface area contributed by atoms with Gasteiger partial charge in [0, 0.05) is 50.1 Å².